The highest BCUT2D eigenvalue weighted by atomic mass is 32.2. The van der Waals surface area contributed by atoms with Gasteiger partial charge in [0.1, 0.15) is 16.1 Å². The molecule has 2 aliphatic rings. The highest BCUT2D eigenvalue weighted by Gasteiger charge is 2.62. The first-order valence-corrected chi connectivity index (χ1v) is 10.6. The van der Waals surface area contributed by atoms with Crippen molar-refractivity contribution in [3.05, 3.63) is 17.0 Å². The van der Waals surface area contributed by atoms with Crippen LogP contribution in [-0.2, 0) is 21.0 Å². The van der Waals surface area contributed by atoms with Gasteiger partial charge in [-0.15, -0.1) is 0 Å². The van der Waals surface area contributed by atoms with Gasteiger partial charge in [0, 0.05) is 32.0 Å². The van der Waals surface area contributed by atoms with Gasteiger partial charge in [-0.2, -0.15) is 0 Å². The molecule has 0 N–H and O–H groups in total. The van der Waals surface area contributed by atoms with E-state index in [1.807, 2.05) is 13.8 Å². The van der Waals surface area contributed by atoms with E-state index in [4.69, 9.17) is 9.26 Å². The van der Waals surface area contributed by atoms with Gasteiger partial charge in [-0.3, -0.25) is 4.79 Å². The van der Waals surface area contributed by atoms with E-state index in [2.05, 4.69) is 5.16 Å². The van der Waals surface area contributed by atoms with Crippen molar-refractivity contribution in [2.24, 2.45) is 5.92 Å². The summed E-state index contributed by atoms with van der Waals surface area (Å²) in [4.78, 5) is 14.5. The summed E-state index contributed by atoms with van der Waals surface area (Å²) in [7, 11) is -3.21. The Bertz CT molecular complexity index is 749. The second-order valence-corrected chi connectivity index (χ2v) is 9.46. The zero-order valence-electron chi connectivity index (χ0n) is 15.1. The highest BCUT2D eigenvalue weighted by Crippen LogP contribution is 2.45. The van der Waals surface area contributed by atoms with Crippen molar-refractivity contribution in [2.45, 2.75) is 44.8 Å². The van der Waals surface area contributed by atoms with Gasteiger partial charge in [0.15, 0.2) is 9.84 Å². The van der Waals surface area contributed by atoms with Crippen LogP contribution in [-0.4, -0.2) is 61.2 Å². The summed E-state index contributed by atoms with van der Waals surface area (Å²) >= 11 is 0. The van der Waals surface area contributed by atoms with Crippen LogP contribution in [0.4, 0.5) is 0 Å². The maximum atomic E-state index is 12.9. The van der Waals surface area contributed by atoms with E-state index in [1.54, 1.807) is 11.8 Å². The number of carbonyl (C=O) groups excluding carboxylic acids is 1. The molecule has 0 radical (unpaired) electrons. The molecule has 0 bridgehead atoms. The number of hydrogen-bond acceptors (Lipinski definition) is 6. The Labute approximate surface area is 148 Å². The first kappa shape index (κ1) is 18.4. The van der Waals surface area contributed by atoms with Gasteiger partial charge in [-0.25, -0.2) is 8.42 Å². The molecule has 1 spiro atoms. The molecule has 1 amide bonds. The minimum absolute atomic E-state index is 0.0415. The van der Waals surface area contributed by atoms with Crippen LogP contribution in [0.1, 0.15) is 48.5 Å². The lowest BCUT2D eigenvalue weighted by Gasteiger charge is -2.49. The first-order valence-electron chi connectivity index (χ1n) is 8.90. The topological polar surface area (TPSA) is 89.7 Å². The summed E-state index contributed by atoms with van der Waals surface area (Å²) in [5.41, 5.74) is 1.06. The number of ether oxygens (including phenoxy) is 1. The smallest absolute Gasteiger partial charge is 0.259 e. The fourth-order valence-electron chi connectivity index (χ4n) is 3.96. The number of nitrogens with zero attached hydrogens (tertiary/aromatic N) is 2. The standard InChI is InChI=1S/C17H26N2O5S/c1-4-6-14-15(12(3)18-24-14)16(20)19-10-17(11-19)13(9-23-5-2)7-8-25(17,21)22/h13H,4-11H2,1-3H3/t13-/m1/s1. The van der Waals surface area contributed by atoms with Crippen molar-refractivity contribution in [2.75, 3.05) is 32.1 Å². The number of aryl methyl sites for hydroxylation is 2. The average molecular weight is 370 g/mol. The molecule has 140 valence electrons. The molecule has 3 rings (SSSR count). The van der Waals surface area contributed by atoms with E-state index < -0.39 is 14.6 Å². The van der Waals surface area contributed by atoms with Crippen LogP contribution >= 0.6 is 0 Å². The molecule has 7 nitrogen and oxygen atoms in total. The van der Waals surface area contributed by atoms with Crippen LogP contribution in [0.25, 0.3) is 0 Å². The van der Waals surface area contributed by atoms with Crippen molar-refractivity contribution in [1.82, 2.24) is 10.1 Å². The summed E-state index contributed by atoms with van der Waals surface area (Å²) in [6, 6.07) is 0. The quantitative estimate of drug-likeness (QED) is 0.756. The van der Waals surface area contributed by atoms with Gasteiger partial charge in [0.05, 0.1) is 18.1 Å². The lowest BCUT2D eigenvalue weighted by atomic mass is 9.83. The number of sulfone groups is 1. The fourth-order valence-corrected chi connectivity index (χ4v) is 6.36. The molecule has 8 heteroatoms. The summed E-state index contributed by atoms with van der Waals surface area (Å²) in [5.74, 6) is 0.552. The third-order valence-corrected chi connectivity index (χ3v) is 8.05. The summed E-state index contributed by atoms with van der Waals surface area (Å²) in [5, 5.41) is 3.91. The third kappa shape index (κ3) is 2.89. The Kier molecular flexibility index (Phi) is 4.94. The van der Waals surface area contributed by atoms with E-state index in [-0.39, 0.29) is 30.7 Å². The molecule has 0 aliphatic carbocycles. The number of carbonyl (C=O) groups is 1. The Morgan fingerprint density at radius 1 is 1.40 bits per heavy atom. The second kappa shape index (κ2) is 6.72. The van der Waals surface area contributed by atoms with E-state index >= 15 is 0 Å². The van der Waals surface area contributed by atoms with Gasteiger partial charge < -0.3 is 14.2 Å². The Hall–Kier alpha value is -1.41. The van der Waals surface area contributed by atoms with Gasteiger partial charge in [0.25, 0.3) is 5.91 Å². The van der Waals surface area contributed by atoms with Crippen molar-refractivity contribution < 1.29 is 22.5 Å². The number of hydrogen-bond donors (Lipinski definition) is 0. The second-order valence-electron chi connectivity index (χ2n) is 7.01. The molecule has 0 aromatic carbocycles. The predicted molar refractivity (Wildman–Crippen MR) is 92.3 cm³/mol. The minimum atomic E-state index is -3.21. The normalized spacial score (nSPS) is 23.8. The van der Waals surface area contributed by atoms with E-state index in [1.165, 1.54) is 0 Å². The average Bonchev–Trinajstić information content (AvgIpc) is 3.00. The third-order valence-electron chi connectivity index (χ3n) is 5.45. The summed E-state index contributed by atoms with van der Waals surface area (Å²) < 4.78 is 35.1. The van der Waals surface area contributed by atoms with Gasteiger partial charge in [-0.1, -0.05) is 12.1 Å². The molecule has 0 saturated carbocycles. The maximum Gasteiger partial charge on any atom is 0.259 e. The molecular formula is C17H26N2O5S. The lowest BCUT2D eigenvalue weighted by molar-refractivity contribution is 0.0269. The van der Waals surface area contributed by atoms with E-state index in [0.29, 0.717) is 43.1 Å². The van der Waals surface area contributed by atoms with Crippen molar-refractivity contribution in [3.63, 3.8) is 0 Å². The van der Waals surface area contributed by atoms with Crippen LogP contribution in [0.2, 0.25) is 0 Å². The summed E-state index contributed by atoms with van der Waals surface area (Å²) in [6.07, 6.45) is 2.10. The van der Waals surface area contributed by atoms with Crippen molar-refractivity contribution >= 4 is 15.7 Å². The minimum Gasteiger partial charge on any atom is -0.381 e. The molecule has 2 aliphatic heterocycles. The molecule has 25 heavy (non-hydrogen) atoms. The highest BCUT2D eigenvalue weighted by molar-refractivity contribution is 7.93. The number of rotatable bonds is 6. The molecule has 1 aromatic rings. The Morgan fingerprint density at radius 2 is 2.12 bits per heavy atom. The predicted octanol–water partition coefficient (Wildman–Crippen LogP) is 1.60. The SMILES string of the molecule is CCCc1onc(C)c1C(=O)N1CC2(C1)[C@@H](COCC)CCS2(=O)=O. The van der Waals surface area contributed by atoms with Crippen LogP contribution in [0, 0.1) is 12.8 Å². The van der Waals surface area contributed by atoms with Crippen LogP contribution in [0.5, 0.6) is 0 Å². The molecule has 2 fully saturated rings. The molecule has 3 heterocycles. The van der Waals surface area contributed by atoms with Crippen molar-refractivity contribution in [1.29, 1.82) is 0 Å². The molecule has 1 atom stereocenters. The van der Waals surface area contributed by atoms with E-state index in [0.717, 1.165) is 6.42 Å². The molecule has 0 unspecified atom stereocenters. The van der Waals surface area contributed by atoms with Gasteiger partial charge in [0.2, 0.25) is 0 Å². The Balaban J connectivity index is 1.78. The van der Waals surface area contributed by atoms with Crippen LogP contribution in [0.3, 0.4) is 0 Å². The molecule has 2 saturated heterocycles. The number of likely N-dealkylation sites (tertiary alicyclic amines) is 1. The maximum absolute atomic E-state index is 12.9. The first-order chi connectivity index (χ1) is 11.9. The van der Waals surface area contributed by atoms with Crippen LogP contribution < -0.4 is 0 Å². The zero-order valence-corrected chi connectivity index (χ0v) is 15.9. The summed E-state index contributed by atoms with van der Waals surface area (Å²) in [6.45, 7) is 7.13. The zero-order chi connectivity index (χ0) is 18.2. The number of aromatic nitrogens is 1. The lowest BCUT2D eigenvalue weighted by Crippen LogP contribution is -2.68. The molecular weight excluding hydrogens is 344 g/mol. The van der Waals surface area contributed by atoms with E-state index in [9.17, 15) is 13.2 Å². The number of amides is 1. The fraction of sp³-hybridized carbons (Fsp3) is 0.765. The largest absolute Gasteiger partial charge is 0.381 e. The monoisotopic (exact) mass is 370 g/mol. The molecule has 1 aromatic heterocycles. The Morgan fingerprint density at radius 3 is 2.76 bits per heavy atom. The van der Waals surface area contributed by atoms with Gasteiger partial charge >= 0.3 is 0 Å². The van der Waals surface area contributed by atoms with Crippen molar-refractivity contribution in [3.8, 4) is 0 Å². The van der Waals surface area contributed by atoms with Gasteiger partial charge in [-0.05, 0) is 26.7 Å². The van der Waals surface area contributed by atoms with Crippen LogP contribution in [0.15, 0.2) is 4.52 Å².